The van der Waals surface area contributed by atoms with E-state index >= 15 is 0 Å². The van der Waals surface area contributed by atoms with Crippen molar-refractivity contribution in [3.8, 4) is 5.75 Å². The maximum absolute atomic E-state index is 13.1. The summed E-state index contributed by atoms with van der Waals surface area (Å²) >= 11 is 6.00. The van der Waals surface area contributed by atoms with E-state index in [2.05, 4.69) is 0 Å². The molecular formula is C19H26ClNO5S. The minimum absolute atomic E-state index is 0.0586. The van der Waals surface area contributed by atoms with E-state index in [-0.39, 0.29) is 29.7 Å². The number of esters is 1. The van der Waals surface area contributed by atoms with Gasteiger partial charge in [0.25, 0.3) is 0 Å². The van der Waals surface area contributed by atoms with Crippen molar-refractivity contribution in [1.29, 1.82) is 0 Å². The summed E-state index contributed by atoms with van der Waals surface area (Å²) in [7, 11) is -2.33. The maximum Gasteiger partial charge on any atom is 0.312 e. The summed E-state index contributed by atoms with van der Waals surface area (Å²) in [6.07, 6.45) is 4.03. The second-order valence-corrected chi connectivity index (χ2v) is 9.69. The van der Waals surface area contributed by atoms with Crippen LogP contribution in [0.3, 0.4) is 0 Å². The Kier molecular flexibility index (Phi) is 6.03. The molecule has 0 N–H and O–H groups in total. The number of nitrogens with zero attached hydrogens (tertiary/aromatic N) is 1. The van der Waals surface area contributed by atoms with Crippen molar-refractivity contribution in [3.63, 3.8) is 0 Å². The monoisotopic (exact) mass is 415 g/mol. The van der Waals surface area contributed by atoms with Crippen LogP contribution >= 0.6 is 11.6 Å². The van der Waals surface area contributed by atoms with Gasteiger partial charge in [-0.2, -0.15) is 4.31 Å². The number of hydrogen-bond acceptors (Lipinski definition) is 5. The van der Waals surface area contributed by atoms with Crippen molar-refractivity contribution >= 4 is 27.6 Å². The van der Waals surface area contributed by atoms with Crippen molar-refractivity contribution in [2.24, 2.45) is 11.3 Å². The molecule has 2 aliphatic rings. The number of rotatable bonds is 7. The van der Waals surface area contributed by atoms with Gasteiger partial charge in [0.15, 0.2) is 0 Å². The number of ether oxygens (including phenoxy) is 2. The Morgan fingerprint density at radius 3 is 2.52 bits per heavy atom. The molecule has 1 heterocycles. The Labute approximate surface area is 165 Å². The van der Waals surface area contributed by atoms with E-state index in [0.717, 1.165) is 19.3 Å². The molecule has 0 spiro atoms. The van der Waals surface area contributed by atoms with Crippen LogP contribution < -0.4 is 4.74 Å². The number of sulfonamides is 1. The summed E-state index contributed by atoms with van der Waals surface area (Å²) < 4.78 is 38.2. The summed E-state index contributed by atoms with van der Waals surface area (Å²) in [6.45, 7) is 2.70. The van der Waals surface area contributed by atoms with Gasteiger partial charge in [-0.25, -0.2) is 8.42 Å². The van der Waals surface area contributed by atoms with Gasteiger partial charge in [0, 0.05) is 18.1 Å². The molecule has 1 saturated carbocycles. The van der Waals surface area contributed by atoms with E-state index in [9.17, 15) is 13.2 Å². The van der Waals surface area contributed by atoms with Crippen LogP contribution in [-0.4, -0.2) is 45.5 Å². The third-order valence-electron chi connectivity index (χ3n) is 5.51. The van der Waals surface area contributed by atoms with Gasteiger partial charge in [-0.15, -0.1) is 0 Å². The standard InChI is InChI=1S/C19H26ClNO5S/c1-3-26-18(22)19(13-14-4-5-14)8-10-21(11-9-19)27(23,24)17-12-15(20)6-7-16(17)25-2/h6-7,12,14H,3-5,8-11,13H2,1-2H3. The van der Waals surface area contributed by atoms with Gasteiger partial charge in [-0.1, -0.05) is 24.4 Å². The number of benzene rings is 1. The summed E-state index contributed by atoms with van der Waals surface area (Å²) in [4.78, 5) is 12.7. The van der Waals surface area contributed by atoms with E-state index in [1.807, 2.05) is 0 Å². The molecular weight excluding hydrogens is 390 g/mol. The second-order valence-electron chi connectivity index (χ2n) is 7.35. The molecule has 0 bridgehead atoms. The minimum atomic E-state index is -3.76. The van der Waals surface area contributed by atoms with Crippen molar-refractivity contribution in [2.45, 2.75) is 43.9 Å². The molecule has 1 aliphatic heterocycles. The van der Waals surface area contributed by atoms with Gasteiger partial charge in [-0.05, 0) is 50.3 Å². The molecule has 2 fully saturated rings. The highest BCUT2D eigenvalue weighted by atomic mass is 35.5. The first-order valence-electron chi connectivity index (χ1n) is 9.33. The van der Waals surface area contributed by atoms with Crippen LogP contribution in [0.15, 0.2) is 23.1 Å². The molecule has 150 valence electrons. The summed E-state index contributed by atoms with van der Waals surface area (Å²) in [5, 5.41) is 0.334. The lowest BCUT2D eigenvalue weighted by atomic mass is 9.74. The molecule has 0 unspecified atom stereocenters. The zero-order chi connectivity index (χ0) is 19.7. The number of hydrogen-bond donors (Lipinski definition) is 0. The first kappa shape index (κ1) is 20.4. The van der Waals surface area contributed by atoms with Gasteiger partial charge >= 0.3 is 5.97 Å². The third-order valence-corrected chi connectivity index (χ3v) is 7.66. The average molecular weight is 416 g/mol. The average Bonchev–Trinajstić information content (AvgIpc) is 3.46. The van der Waals surface area contributed by atoms with Gasteiger partial charge in [0.1, 0.15) is 10.6 Å². The van der Waals surface area contributed by atoms with Crippen molar-refractivity contribution in [1.82, 2.24) is 4.31 Å². The van der Waals surface area contributed by atoms with Crippen LogP contribution in [0.4, 0.5) is 0 Å². The lowest BCUT2D eigenvalue weighted by Crippen LogP contribution is -2.47. The Hall–Kier alpha value is -1.31. The predicted molar refractivity (Wildman–Crippen MR) is 102 cm³/mol. The molecule has 0 atom stereocenters. The minimum Gasteiger partial charge on any atom is -0.495 e. The molecule has 1 aromatic rings. The molecule has 1 saturated heterocycles. The fourth-order valence-electron chi connectivity index (χ4n) is 3.80. The molecule has 0 aromatic heterocycles. The quantitative estimate of drug-likeness (QED) is 0.637. The third kappa shape index (κ3) is 4.25. The lowest BCUT2D eigenvalue weighted by Gasteiger charge is -2.39. The Balaban J connectivity index is 1.81. The fourth-order valence-corrected chi connectivity index (χ4v) is 5.66. The Morgan fingerprint density at radius 2 is 1.96 bits per heavy atom. The molecule has 27 heavy (non-hydrogen) atoms. The molecule has 3 rings (SSSR count). The predicted octanol–water partition coefficient (Wildman–Crippen LogP) is 3.48. The van der Waals surface area contributed by atoms with Gasteiger partial charge in [0.2, 0.25) is 10.0 Å². The van der Waals surface area contributed by atoms with Crippen LogP contribution in [0, 0.1) is 11.3 Å². The number of methoxy groups -OCH3 is 1. The van der Waals surface area contributed by atoms with E-state index < -0.39 is 15.4 Å². The largest absolute Gasteiger partial charge is 0.495 e. The smallest absolute Gasteiger partial charge is 0.312 e. The number of piperidine rings is 1. The number of halogens is 1. The summed E-state index contributed by atoms with van der Waals surface area (Å²) in [6, 6.07) is 4.55. The van der Waals surface area contributed by atoms with Crippen LogP contribution in [0.5, 0.6) is 5.75 Å². The van der Waals surface area contributed by atoms with Crippen LogP contribution in [0.2, 0.25) is 5.02 Å². The van der Waals surface area contributed by atoms with Gasteiger partial charge < -0.3 is 9.47 Å². The van der Waals surface area contributed by atoms with Gasteiger partial charge in [0.05, 0.1) is 19.1 Å². The SMILES string of the molecule is CCOC(=O)C1(CC2CC2)CCN(S(=O)(=O)c2cc(Cl)ccc2OC)CC1. The van der Waals surface area contributed by atoms with E-state index in [0.29, 0.717) is 30.4 Å². The zero-order valence-electron chi connectivity index (χ0n) is 15.7. The summed E-state index contributed by atoms with van der Waals surface area (Å²) in [5.41, 5.74) is -0.568. The molecule has 1 aliphatic carbocycles. The highest BCUT2D eigenvalue weighted by molar-refractivity contribution is 7.89. The zero-order valence-corrected chi connectivity index (χ0v) is 17.3. The van der Waals surface area contributed by atoms with Crippen LogP contribution in [0.25, 0.3) is 0 Å². The van der Waals surface area contributed by atoms with Crippen LogP contribution in [-0.2, 0) is 19.6 Å². The molecule has 0 amide bonds. The molecule has 6 nitrogen and oxygen atoms in total. The van der Waals surface area contributed by atoms with Crippen molar-refractivity contribution in [2.75, 3.05) is 26.8 Å². The molecule has 1 aromatic carbocycles. The van der Waals surface area contributed by atoms with Crippen LogP contribution in [0.1, 0.15) is 39.0 Å². The van der Waals surface area contributed by atoms with Crippen molar-refractivity contribution < 1.29 is 22.7 Å². The first-order chi connectivity index (χ1) is 12.8. The van der Waals surface area contributed by atoms with Crippen molar-refractivity contribution in [3.05, 3.63) is 23.2 Å². The van der Waals surface area contributed by atoms with E-state index in [1.54, 1.807) is 19.1 Å². The topological polar surface area (TPSA) is 72.9 Å². The maximum atomic E-state index is 13.1. The lowest BCUT2D eigenvalue weighted by molar-refractivity contribution is -0.159. The highest BCUT2D eigenvalue weighted by Crippen LogP contribution is 2.47. The van der Waals surface area contributed by atoms with Gasteiger partial charge in [-0.3, -0.25) is 4.79 Å². The molecule has 0 radical (unpaired) electrons. The normalized spacial score (nSPS) is 20.3. The van der Waals surface area contributed by atoms with E-state index in [4.69, 9.17) is 21.1 Å². The van der Waals surface area contributed by atoms with E-state index in [1.165, 1.54) is 17.5 Å². The number of carbonyl (C=O) groups is 1. The first-order valence-corrected chi connectivity index (χ1v) is 11.1. The fraction of sp³-hybridized carbons (Fsp3) is 0.632. The second kappa shape index (κ2) is 7.97. The number of carbonyl (C=O) groups excluding carboxylic acids is 1. The molecule has 8 heteroatoms. The highest BCUT2D eigenvalue weighted by Gasteiger charge is 2.48. The summed E-state index contributed by atoms with van der Waals surface area (Å²) in [5.74, 6) is 0.638. The Morgan fingerprint density at radius 1 is 1.30 bits per heavy atom. The Bertz CT molecular complexity index is 798.